The van der Waals surface area contributed by atoms with Crippen molar-refractivity contribution < 1.29 is 4.79 Å². The van der Waals surface area contributed by atoms with E-state index in [-0.39, 0.29) is 17.2 Å². The minimum atomic E-state index is -0.0226. The number of carbonyl (C=O) groups is 1. The van der Waals surface area contributed by atoms with E-state index in [0.717, 1.165) is 35.9 Å². The summed E-state index contributed by atoms with van der Waals surface area (Å²) in [5, 5.41) is 4.32. The average Bonchev–Trinajstić information content (AvgIpc) is 3.01. The lowest BCUT2D eigenvalue weighted by Crippen LogP contribution is -2.28. The molecule has 0 atom stereocenters. The van der Waals surface area contributed by atoms with Gasteiger partial charge in [0.15, 0.2) is 5.16 Å². The van der Waals surface area contributed by atoms with Crippen LogP contribution in [0.4, 0.5) is 0 Å². The standard InChI is InChI=1S/C20H27N3O2S2/c1-4-11-23-19(25)17-14-7-5-6-8-15(14)27-18(17)22-20(23)26-12-16(24)21-10-9-13(2)3/h4,13H,1,5-12H2,2-3H3,(H,21,24). The number of rotatable bonds is 8. The minimum absolute atomic E-state index is 0.00187. The first-order chi connectivity index (χ1) is 13.0. The van der Waals surface area contributed by atoms with Crippen molar-refractivity contribution in [3.63, 3.8) is 0 Å². The van der Waals surface area contributed by atoms with Gasteiger partial charge in [0, 0.05) is 18.0 Å². The molecule has 0 aromatic carbocycles. The molecule has 2 aromatic rings. The molecule has 27 heavy (non-hydrogen) atoms. The third kappa shape index (κ3) is 4.63. The Bertz CT molecular complexity index is 899. The molecule has 0 saturated carbocycles. The number of allylic oxidation sites excluding steroid dienone is 1. The van der Waals surface area contributed by atoms with Crippen LogP contribution in [0.3, 0.4) is 0 Å². The lowest BCUT2D eigenvalue weighted by molar-refractivity contribution is -0.118. The summed E-state index contributed by atoms with van der Waals surface area (Å²) in [5.74, 6) is 0.799. The number of nitrogens with zero attached hydrogens (tertiary/aromatic N) is 2. The first-order valence-electron chi connectivity index (χ1n) is 9.56. The number of carbonyl (C=O) groups excluding carboxylic acids is 1. The van der Waals surface area contributed by atoms with Gasteiger partial charge in [-0.25, -0.2) is 4.98 Å². The third-order valence-electron chi connectivity index (χ3n) is 4.73. The molecule has 0 spiro atoms. The maximum Gasteiger partial charge on any atom is 0.263 e. The second kappa shape index (κ2) is 9.06. The minimum Gasteiger partial charge on any atom is -0.355 e. The van der Waals surface area contributed by atoms with Crippen molar-refractivity contribution in [2.75, 3.05) is 12.3 Å². The average molecular weight is 406 g/mol. The zero-order valence-corrected chi connectivity index (χ0v) is 17.7. The second-order valence-electron chi connectivity index (χ2n) is 7.31. The molecule has 5 nitrogen and oxygen atoms in total. The Labute approximate surface area is 168 Å². The van der Waals surface area contributed by atoms with E-state index < -0.39 is 0 Å². The van der Waals surface area contributed by atoms with Crippen LogP contribution in [0.5, 0.6) is 0 Å². The third-order valence-corrected chi connectivity index (χ3v) is 6.89. The summed E-state index contributed by atoms with van der Waals surface area (Å²) < 4.78 is 1.66. The monoisotopic (exact) mass is 405 g/mol. The van der Waals surface area contributed by atoms with E-state index in [9.17, 15) is 9.59 Å². The van der Waals surface area contributed by atoms with Gasteiger partial charge in [-0.3, -0.25) is 14.2 Å². The van der Waals surface area contributed by atoms with Crippen LogP contribution < -0.4 is 10.9 Å². The molecule has 1 aliphatic rings. The van der Waals surface area contributed by atoms with Crippen molar-refractivity contribution in [1.29, 1.82) is 0 Å². The molecule has 2 heterocycles. The fourth-order valence-electron chi connectivity index (χ4n) is 3.30. The first-order valence-corrected chi connectivity index (χ1v) is 11.4. The Morgan fingerprint density at radius 2 is 2.19 bits per heavy atom. The summed E-state index contributed by atoms with van der Waals surface area (Å²) >= 11 is 2.97. The van der Waals surface area contributed by atoms with Gasteiger partial charge in [0.2, 0.25) is 5.91 Å². The van der Waals surface area contributed by atoms with Crippen LogP contribution in [0.1, 0.15) is 43.6 Å². The van der Waals surface area contributed by atoms with Gasteiger partial charge in [-0.1, -0.05) is 31.7 Å². The van der Waals surface area contributed by atoms with Crippen molar-refractivity contribution in [3.8, 4) is 0 Å². The number of nitrogens with one attached hydrogen (secondary N) is 1. The van der Waals surface area contributed by atoms with Crippen molar-refractivity contribution in [1.82, 2.24) is 14.9 Å². The highest BCUT2D eigenvalue weighted by molar-refractivity contribution is 7.99. The number of fused-ring (bicyclic) bond motifs is 3. The van der Waals surface area contributed by atoms with Crippen LogP contribution in [0.25, 0.3) is 10.2 Å². The van der Waals surface area contributed by atoms with Gasteiger partial charge in [0.1, 0.15) is 4.83 Å². The highest BCUT2D eigenvalue weighted by Gasteiger charge is 2.22. The zero-order valence-electron chi connectivity index (χ0n) is 16.0. The Hall–Kier alpha value is -1.60. The summed E-state index contributed by atoms with van der Waals surface area (Å²) in [6.07, 6.45) is 6.98. The smallest absolute Gasteiger partial charge is 0.263 e. The molecule has 0 aliphatic heterocycles. The van der Waals surface area contributed by atoms with Gasteiger partial charge in [-0.2, -0.15) is 0 Å². The van der Waals surface area contributed by atoms with E-state index in [2.05, 4.69) is 25.7 Å². The molecule has 1 N–H and O–H groups in total. The number of hydrogen-bond acceptors (Lipinski definition) is 5. The van der Waals surface area contributed by atoms with Crippen molar-refractivity contribution >= 4 is 39.2 Å². The van der Waals surface area contributed by atoms with Crippen LogP contribution in [-0.2, 0) is 24.2 Å². The maximum atomic E-state index is 13.1. The predicted octanol–water partition coefficient (Wildman–Crippen LogP) is 3.78. The first kappa shape index (κ1) is 20.1. The van der Waals surface area contributed by atoms with Crippen molar-refractivity contribution in [2.24, 2.45) is 5.92 Å². The van der Waals surface area contributed by atoms with Gasteiger partial charge in [0.05, 0.1) is 11.1 Å². The number of thioether (sulfide) groups is 1. The SMILES string of the molecule is C=CCn1c(SCC(=O)NCCC(C)C)nc2sc3c(c2c1=O)CCCC3. The molecule has 0 fully saturated rings. The van der Waals surface area contributed by atoms with Crippen LogP contribution in [0.2, 0.25) is 0 Å². The van der Waals surface area contributed by atoms with Gasteiger partial charge >= 0.3 is 0 Å². The number of aromatic nitrogens is 2. The van der Waals surface area contributed by atoms with Crippen LogP contribution in [0.15, 0.2) is 22.6 Å². The normalized spacial score (nSPS) is 13.7. The van der Waals surface area contributed by atoms with E-state index in [4.69, 9.17) is 4.98 Å². The van der Waals surface area contributed by atoms with E-state index in [1.807, 2.05) is 0 Å². The summed E-state index contributed by atoms with van der Waals surface area (Å²) in [7, 11) is 0. The quantitative estimate of drug-likeness (QED) is 0.412. The summed E-state index contributed by atoms with van der Waals surface area (Å²) in [4.78, 5) is 32.1. The van der Waals surface area contributed by atoms with Gasteiger partial charge in [-0.15, -0.1) is 17.9 Å². The molecular formula is C20H27N3O2S2. The summed E-state index contributed by atoms with van der Waals surface area (Å²) in [5.41, 5.74) is 1.20. The molecule has 0 radical (unpaired) electrons. The maximum absolute atomic E-state index is 13.1. The van der Waals surface area contributed by atoms with Crippen LogP contribution >= 0.6 is 23.1 Å². The summed E-state index contributed by atoms with van der Waals surface area (Å²) in [6, 6.07) is 0. The molecule has 1 aliphatic carbocycles. The van der Waals surface area contributed by atoms with Crippen molar-refractivity contribution in [3.05, 3.63) is 33.4 Å². The predicted molar refractivity (Wildman–Crippen MR) is 114 cm³/mol. The van der Waals surface area contributed by atoms with Crippen LogP contribution in [0, 0.1) is 5.92 Å². The lowest BCUT2D eigenvalue weighted by atomic mass is 9.97. The van der Waals surface area contributed by atoms with E-state index in [1.54, 1.807) is 22.0 Å². The van der Waals surface area contributed by atoms with Crippen molar-refractivity contribution in [2.45, 2.75) is 57.7 Å². The topological polar surface area (TPSA) is 64.0 Å². The molecule has 1 amide bonds. The fourth-order valence-corrected chi connectivity index (χ4v) is 5.44. The lowest BCUT2D eigenvalue weighted by Gasteiger charge is -2.12. The summed E-state index contributed by atoms with van der Waals surface area (Å²) in [6.45, 7) is 9.13. The largest absolute Gasteiger partial charge is 0.355 e. The second-order valence-corrected chi connectivity index (χ2v) is 9.34. The highest BCUT2D eigenvalue weighted by Crippen LogP contribution is 2.34. The Kier molecular flexibility index (Phi) is 6.76. The van der Waals surface area contributed by atoms with E-state index >= 15 is 0 Å². The number of hydrogen-bond donors (Lipinski definition) is 1. The van der Waals surface area contributed by atoms with E-state index in [0.29, 0.717) is 24.2 Å². The molecule has 0 saturated heterocycles. The highest BCUT2D eigenvalue weighted by atomic mass is 32.2. The molecule has 146 valence electrons. The van der Waals surface area contributed by atoms with Crippen LogP contribution in [-0.4, -0.2) is 27.8 Å². The number of amides is 1. The number of thiophene rings is 1. The molecule has 0 bridgehead atoms. The zero-order chi connectivity index (χ0) is 19.4. The van der Waals surface area contributed by atoms with Gasteiger partial charge < -0.3 is 5.32 Å². The Morgan fingerprint density at radius 3 is 2.93 bits per heavy atom. The van der Waals surface area contributed by atoms with Gasteiger partial charge in [0.25, 0.3) is 5.56 Å². The Morgan fingerprint density at radius 1 is 1.41 bits per heavy atom. The number of aryl methyl sites for hydroxylation is 2. The Balaban J connectivity index is 1.84. The molecular weight excluding hydrogens is 378 g/mol. The molecule has 0 unspecified atom stereocenters. The van der Waals surface area contributed by atoms with Gasteiger partial charge in [-0.05, 0) is 43.6 Å². The molecule has 3 rings (SSSR count). The van der Waals surface area contributed by atoms with E-state index in [1.165, 1.54) is 28.6 Å². The molecule has 7 heteroatoms. The fraction of sp³-hybridized carbons (Fsp3) is 0.550. The molecule has 2 aromatic heterocycles.